The molecule has 2 rings (SSSR count). The smallest absolute Gasteiger partial charge is 0.220 e. The number of methoxy groups -OCH3 is 2. The van der Waals surface area contributed by atoms with Crippen LogP contribution in [0.25, 0.3) is 0 Å². The highest BCUT2D eigenvalue weighted by Gasteiger charge is 2.15. The Labute approximate surface area is 146 Å². The molecule has 1 aromatic rings. The molecule has 23 heavy (non-hydrogen) atoms. The maximum Gasteiger partial charge on any atom is 0.220 e. The predicted octanol–water partition coefficient (Wildman–Crippen LogP) is 2.86. The molecular formula is C17H25BrN2O3. The molecule has 0 radical (unpaired) electrons. The Balaban J connectivity index is 1.83. The van der Waals surface area contributed by atoms with Gasteiger partial charge >= 0.3 is 0 Å². The molecule has 0 atom stereocenters. The SMILES string of the molecule is COc1cc(Br)c(CNC(=O)CCC2CCNCC2)cc1OC. The maximum atomic E-state index is 12.0. The number of benzene rings is 1. The lowest BCUT2D eigenvalue weighted by molar-refractivity contribution is -0.121. The van der Waals surface area contributed by atoms with Crippen LogP contribution in [-0.4, -0.2) is 33.2 Å². The Morgan fingerprint density at radius 3 is 2.57 bits per heavy atom. The summed E-state index contributed by atoms with van der Waals surface area (Å²) in [5, 5.41) is 6.33. The Morgan fingerprint density at radius 1 is 1.26 bits per heavy atom. The summed E-state index contributed by atoms with van der Waals surface area (Å²) in [5.41, 5.74) is 0.970. The first-order valence-electron chi connectivity index (χ1n) is 8.02. The topological polar surface area (TPSA) is 59.6 Å². The number of carbonyl (C=O) groups excluding carboxylic acids is 1. The molecule has 1 saturated heterocycles. The van der Waals surface area contributed by atoms with Crippen LogP contribution < -0.4 is 20.1 Å². The van der Waals surface area contributed by atoms with E-state index < -0.39 is 0 Å². The molecular weight excluding hydrogens is 360 g/mol. The summed E-state index contributed by atoms with van der Waals surface area (Å²) in [6, 6.07) is 3.74. The number of amides is 1. The Kier molecular flexibility index (Phi) is 7.17. The van der Waals surface area contributed by atoms with Gasteiger partial charge in [-0.2, -0.15) is 0 Å². The van der Waals surface area contributed by atoms with Crippen molar-refractivity contribution in [3.05, 3.63) is 22.2 Å². The molecule has 1 heterocycles. The van der Waals surface area contributed by atoms with Crippen molar-refractivity contribution in [3.8, 4) is 11.5 Å². The number of piperidine rings is 1. The summed E-state index contributed by atoms with van der Waals surface area (Å²) in [4.78, 5) is 12.0. The van der Waals surface area contributed by atoms with E-state index in [4.69, 9.17) is 9.47 Å². The molecule has 1 aliphatic rings. The minimum atomic E-state index is 0.102. The van der Waals surface area contributed by atoms with Gasteiger partial charge in [0.25, 0.3) is 0 Å². The summed E-state index contributed by atoms with van der Waals surface area (Å²) in [6.07, 6.45) is 3.92. The van der Waals surface area contributed by atoms with Gasteiger partial charge < -0.3 is 20.1 Å². The molecule has 128 valence electrons. The van der Waals surface area contributed by atoms with Crippen molar-refractivity contribution in [2.45, 2.75) is 32.2 Å². The highest BCUT2D eigenvalue weighted by Crippen LogP contribution is 2.33. The van der Waals surface area contributed by atoms with Crippen LogP contribution in [0, 0.1) is 5.92 Å². The number of nitrogens with one attached hydrogen (secondary N) is 2. The summed E-state index contributed by atoms with van der Waals surface area (Å²) < 4.78 is 11.5. The largest absolute Gasteiger partial charge is 0.493 e. The Morgan fingerprint density at radius 2 is 1.91 bits per heavy atom. The van der Waals surface area contributed by atoms with E-state index in [0.29, 0.717) is 30.4 Å². The highest BCUT2D eigenvalue weighted by molar-refractivity contribution is 9.10. The van der Waals surface area contributed by atoms with E-state index in [0.717, 1.165) is 29.5 Å². The van der Waals surface area contributed by atoms with Crippen molar-refractivity contribution in [1.82, 2.24) is 10.6 Å². The van der Waals surface area contributed by atoms with Crippen molar-refractivity contribution in [2.75, 3.05) is 27.3 Å². The zero-order chi connectivity index (χ0) is 16.7. The number of ether oxygens (including phenoxy) is 2. The second-order valence-corrected chi connectivity index (χ2v) is 6.66. The van der Waals surface area contributed by atoms with Crippen LogP contribution in [0.1, 0.15) is 31.2 Å². The summed E-state index contributed by atoms with van der Waals surface area (Å²) in [5.74, 6) is 2.11. The highest BCUT2D eigenvalue weighted by atomic mass is 79.9. The monoisotopic (exact) mass is 384 g/mol. The number of hydrogen-bond donors (Lipinski definition) is 2. The fourth-order valence-corrected chi connectivity index (χ4v) is 3.28. The quantitative estimate of drug-likeness (QED) is 0.758. The van der Waals surface area contributed by atoms with Crippen LogP contribution in [0.2, 0.25) is 0 Å². The summed E-state index contributed by atoms with van der Waals surface area (Å²) in [7, 11) is 3.21. The van der Waals surface area contributed by atoms with Gasteiger partial charge in [0.1, 0.15) is 0 Å². The third-order valence-electron chi connectivity index (χ3n) is 4.27. The normalized spacial score (nSPS) is 15.3. The average Bonchev–Trinajstić information content (AvgIpc) is 2.59. The van der Waals surface area contributed by atoms with Gasteiger partial charge in [-0.05, 0) is 56.0 Å². The van der Waals surface area contributed by atoms with Gasteiger partial charge in [0.15, 0.2) is 11.5 Å². The first-order valence-corrected chi connectivity index (χ1v) is 8.81. The van der Waals surface area contributed by atoms with Gasteiger partial charge in [-0.25, -0.2) is 0 Å². The van der Waals surface area contributed by atoms with E-state index in [1.807, 2.05) is 12.1 Å². The minimum Gasteiger partial charge on any atom is -0.493 e. The first-order chi connectivity index (χ1) is 11.1. The molecule has 0 spiro atoms. The van der Waals surface area contributed by atoms with Crippen LogP contribution in [0.5, 0.6) is 11.5 Å². The molecule has 2 N–H and O–H groups in total. The molecule has 1 aromatic carbocycles. The molecule has 6 heteroatoms. The molecule has 0 saturated carbocycles. The van der Waals surface area contributed by atoms with Crippen LogP contribution in [0.4, 0.5) is 0 Å². The van der Waals surface area contributed by atoms with Gasteiger partial charge in [-0.15, -0.1) is 0 Å². The van der Waals surface area contributed by atoms with E-state index in [-0.39, 0.29) is 5.91 Å². The average molecular weight is 385 g/mol. The fourth-order valence-electron chi connectivity index (χ4n) is 2.82. The predicted molar refractivity (Wildman–Crippen MR) is 93.9 cm³/mol. The Bertz CT molecular complexity index is 531. The van der Waals surface area contributed by atoms with E-state index in [9.17, 15) is 4.79 Å². The summed E-state index contributed by atoms with van der Waals surface area (Å²) in [6.45, 7) is 2.63. The molecule has 0 aliphatic carbocycles. The van der Waals surface area contributed by atoms with E-state index in [1.165, 1.54) is 12.8 Å². The lowest BCUT2D eigenvalue weighted by Crippen LogP contribution is -2.29. The van der Waals surface area contributed by atoms with E-state index in [1.54, 1.807) is 14.2 Å². The number of rotatable bonds is 7. The molecule has 1 amide bonds. The third kappa shape index (κ3) is 5.39. The first kappa shape index (κ1) is 18.1. The molecule has 1 aliphatic heterocycles. The van der Waals surface area contributed by atoms with Crippen LogP contribution in [-0.2, 0) is 11.3 Å². The fraction of sp³-hybridized carbons (Fsp3) is 0.588. The molecule has 5 nitrogen and oxygen atoms in total. The zero-order valence-electron chi connectivity index (χ0n) is 13.8. The van der Waals surface area contributed by atoms with Crippen LogP contribution in [0.15, 0.2) is 16.6 Å². The van der Waals surface area contributed by atoms with Crippen molar-refractivity contribution in [2.24, 2.45) is 5.92 Å². The maximum absolute atomic E-state index is 12.0. The van der Waals surface area contributed by atoms with E-state index >= 15 is 0 Å². The van der Waals surface area contributed by atoms with Crippen molar-refractivity contribution in [3.63, 3.8) is 0 Å². The second-order valence-electron chi connectivity index (χ2n) is 5.81. The van der Waals surface area contributed by atoms with Crippen LogP contribution in [0.3, 0.4) is 0 Å². The number of hydrogen-bond acceptors (Lipinski definition) is 4. The van der Waals surface area contributed by atoms with Gasteiger partial charge in [0.2, 0.25) is 5.91 Å². The van der Waals surface area contributed by atoms with Gasteiger partial charge in [0, 0.05) is 17.4 Å². The summed E-state index contributed by atoms with van der Waals surface area (Å²) >= 11 is 3.51. The Hall–Kier alpha value is -1.27. The van der Waals surface area contributed by atoms with E-state index in [2.05, 4.69) is 26.6 Å². The molecule has 0 unspecified atom stereocenters. The lowest BCUT2D eigenvalue weighted by Gasteiger charge is -2.22. The van der Waals surface area contributed by atoms with Crippen LogP contribution >= 0.6 is 15.9 Å². The second kappa shape index (κ2) is 9.13. The van der Waals surface area contributed by atoms with Gasteiger partial charge in [-0.1, -0.05) is 15.9 Å². The van der Waals surface area contributed by atoms with Gasteiger partial charge in [-0.3, -0.25) is 4.79 Å². The molecule has 0 aromatic heterocycles. The van der Waals surface area contributed by atoms with Crippen molar-refractivity contribution in [1.29, 1.82) is 0 Å². The van der Waals surface area contributed by atoms with Crippen molar-refractivity contribution >= 4 is 21.8 Å². The standard InChI is InChI=1S/C17H25BrN2O3/c1-22-15-9-13(14(18)10-16(15)23-2)11-20-17(21)4-3-12-5-7-19-8-6-12/h9-10,12,19H,3-8,11H2,1-2H3,(H,20,21). The lowest BCUT2D eigenvalue weighted by atomic mass is 9.93. The van der Waals surface area contributed by atoms with Gasteiger partial charge in [0.05, 0.1) is 14.2 Å². The third-order valence-corrected chi connectivity index (χ3v) is 5.01. The number of carbonyl (C=O) groups is 1. The zero-order valence-corrected chi connectivity index (χ0v) is 15.4. The van der Waals surface area contributed by atoms with Crippen molar-refractivity contribution < 1.29 is 14.3 Å². The number of halogens is 1. The minimum absolute atomic E-state index is 0.102. The molecule has 0 bridgehead atoms. The molecule has 1 fully saturated rings.